The number of nitrogens with one attached hydrogen (secondary N) is 2. The topological polar surface area (TPSA) is 87.7 Å². The number of carbonyl (C=O) groups excluding carboxylic acids is 3. The van der Waals surface area contributed by atoms with E-state index in [-0.39, 0.29) is 50.6 Å². The summed E-state index contributed by atoms with van der Waals surface area (Å²) < 4.78 is 86.2. The van der Waals surface area contributed by atoms with Gasteiger partial charge in [0.05, 0.1) is 34.9 Å². The summed E-state index contributed by atoms with van der Waals surface area (Å²) in [5.74, 6) is -0.494. The molecule has 2 heterocycles. The minimum absolute atomic E-state index is 0.0483. The first-order chi connectivity index (χ1) is 18.7. The lowest BCUT2D eigenvalue weighted by molar-refractivity contribution is -0.143. The number of imide groups is 1. The van der Waals surface area contributed by atoms with E-state index in [2.05, 4.69) is 10.6 Å². The van der Waals surface area contributed by atoms with Crippen molar-refractivity contribution in [2.24, 2.45) is 0 Å². The third-order valence-corrected chi connectivity index (χ3v) is 7.59. The number of benzene rings is 2. The summed E-state index contributed by atoms with van der Waals surface area (Å²) in [6.45, 7) is 1.10. The van der Waals surface area contributed by atoms with Crippen LogP contribution in [0.3, 0.4) is 0 Å². The first kappa shape index (κ1) is 29.5. The Kier molecular flexibility index (Phi) is 8.01. The zero-order chi connectivity index (χ0) is 29.3. The van der Waals surface area contributed by atoms with E-state index in [1.807, 2.05) is 0 Å². The van der Waals surface area contributed by atoms with Crippen molar-refractivity contribution in [3.05, 3.63) is 70.8 Å². The fourth-order valence-electron chi connectivity index (χ4n) is 5.24. The minimum Gasteiger partial charge on any atom is -0.372 e. The molecule has 2 aliphatic heterocycles. The van der Waals surface area contributed by atoms with E-state index in [1.54, 1.807) is 30.3 Å². The van der Waals surface area contributed by atoms with Gasteiger partial charge in [0, 0.05) is 13.0 Å². The molecule has 0 saturated carbocycles. The van der Waals surface area contributed by atoms with Crippen molar-refractivity contribution in [1.82, 2.24) is 15.5 Å². The standard InChI is InChI=1S/C27H27F6N3O4/c1-17(18-11-20(26(28,29)30)13-21(12-18)27(31,32)33)40-16-25(19-5-3-2-4-6-19)8-7-24(9-10-37,15-34-25)36-14-22(38)35-23(36)39/h2-6,10-13,17,34H,7-9,14-16H2,1H3,(H,35,38,39)/t17-,24-,25-/m1/s1. The van der Waals surface area contributed by atoms with Gasteiger partial charge in [-0.05, 0) is 49.1 Å². The lowest BCUT2D eigenvalue weighted by Crippen LogP contribution is -2.65. The van der Waals surface area contributed by atoms with Crippen molar-refractivity contribution < 1.29 is 45.5 Å². The smallest absolute Gasteiger partial charge is 0.372 e. The van der Waals surface area contributed by atoms with Crippen molar-refractivity contribution in [2.75, 3.05) is 19.7 Å². The number of piperidine rings is 1. The zero-order valence-corrected chi connectivity index (χ0v) is 21.4. The quantitative estimate of drug-likeness (QED) is 0.266. The molecule has 2 aromatic rings. The van der Waals surface area contributed by atoms with Crippen LogP contribution in [0.2, 0.25) is 0 Å². The number of carbonyl (C=O) groups is 3. The average Bonchev–Trinajstić information content (AvgIpc) is 3.26. The van der Waals surface area contributed by atoms with Crippen molar-refractivity contribution in [1.29, 1.82) is 0 Å². The summed E-state index contributed by atoms with van der Waals surface area (Å²) in [5, 5.41) is 5.55. The fourth-order valence-corrected chi connectivity index (χ4v) is 5.24. The number of ether oxygens (including phenoxy) is 1. The number of aldehydes is 1. The van der Waals surface area contributed by atoms with E-state index in [4.69, 9.17) is 4.74 Å². The van der Waals surface area contributed by atoms with Crippen molar-refractivity contribution in [3.8, 4) is 0 Å². The molecule has 2 saturated heterocycles. The molecule has 0 aromatic heterocycles. The number of alkyl halides is 6. The van der Waals surface area contributed by atoms with Crippen LogP contribution in [0.1, 0.15) is 54.5 Å². The van der Waals surface area contributed by atoms with E-state index >= 15 is 0 Å². The Hall–Kier alpha value is -3.45. The van der Waals surface area contributed by atoms with Gasteiger partial charge in [-0.3, -0.25) is 10.1 Å². The first-order valence-electron chi connectivity index (χ1n) is 12.5. The van der Waals surface area contributed by atoms with Crippen LogP contribution in [0.5, 0.6) is 0 Å². The van der Waals surface area contributed by atoms with Gasteiger partial charge in [-0.25, -0.2) is 4.79 Å². The molecular formula is C27H27F6N3O4. The van der Waals surface area contributed by atoms with Crippen LogP contribution < -0.4 is 10.6 Å². The number of hydrogen-bond donors (Lipinski definition) is 2. The monoisotopic (exact) mass is 571 g/mol. The van der Waals surface area contributed by atoms with Gasteiger partial charge >= 0.3 is 18.4 Å². The largest absolute Gasteiger partial charge is 0.416 e. The molecular weight excluding hydrogens is 544 g/mol. The highest BCUT2D eigenvalue weighted by molar-refractivity contribution is 6.02. The predicted octanol–water partition coefficient (Wildman–Crippen LogP) is 4.96. The third-order valence-electron chi connectivity index (χ3n) is 7.59. The molecule has 4 rings (SSSR count). The molecule has 3 amide bonds. The normalized spacial score (nSPS) is 24.6. The lowest BCUT2D eigenvalue weighted by Gasteiger charge is -2.50. The van der Waals surface area contributed by atoms with Crippen LogP contribution >= 0.6 is 0 Å². The van der Waals surface area contributed by atoms with Crippen LogP contribution in [-0.4, -0.2) is 48.4 Å². The Bertz CT molecular complexity index is 1220. The van der Waals surface area contributed by atoms with Crippen LogP contribution in [0, 0.1) is 0 Å². The zero-order valence-electron chi connectivity index (χ0n) is 21.4. The molecule has 2 N–H and O–H groups in total. The van der Waals surface area contributed by atoms with E-state index in [0.29, 0.717) is 18.4 Å². The highest BCUT2D eigenvalue weighted by Gasteiger charge is 2.50. The van der Waals surface area contributed by atoms with E-state index < -0.39 is 52.6 Å². The highest BCUT2D eigenvalue weighted by atomic mass is 19.4. The molecule has 2 aliphatic rings. The molecule has 3 atom stereocenters. The maximum Gasteiger partial charge on any atom is 0.416 e. The Morgan fingerprint density at radius 3 is 2.10 bits per heavy atom. The van der Waals surface area contributed by atoms with E-state index in [9.17, 15) is 40.7 Å². The van der Waals surface area contributed by atoms with Crippen LogP contribution in [0.15, 0.2) is 48.5 Å². The minimum atomic E-state index is -4.99. The van der Waals surface area contributed by atoms with Crippen molar-refractivity contribution >= 4 is 18.2 Å². The molecule has 216 valence electrons. The second-order valence-electron chi connectivity index (χ2n) is 10.1. The summed E-state index contributed by atoms with van der Waals surface area (Å²) in [4.78, 5) is 37.2. The molecule has 0 aliphatic carbocycles. The average molecular weight is 572 g/mol. The summed E-state index contributed by atoms with van der Waals surface area (Å²) in [5.41, 5.74) is -4.37. The van der Waals surface area contributed by atoms with Gasteiger partial charge < -0.3 is 19.7 Å². The maximum atomic E-state index is 13.4. The Morgan fingerprint density at radius 2 is 1.62 bits per heavy atom. The molecule has 0 unspecified atom stereocenters. The summed E-state index contributed by atoms with van der Waals surface area (Å²) in [7, 11) is 0. The van der Waals surface area contributed by atoms with Gasteiger partial charge in [0.25, 0.3) is 0 Å². The first-order valence-corrected chi connectivity index (χ1v) is 12.5. The molecule has 0 spiro atoms. The second kappa shape index (κ2) is 10.8. The van der Waals surface area contributed by atoms with E-state index in [0.717, 1.165) is 5.56 Å². The van der Waals surface area contributed by atoms with E-state index in [1.165, 1.54) is 11.8 Å². The summed E-state index contributed by atoms with van der Waals surface area (Å²) in [6, 6.07) is 9.64. The van der Waals surface area contributed by atoms with Crippen LogP contribution in [0.4, 0.5) is 31.1 Å². The van der Waals surface area contributed by atoms with Gasteiger partial charge in [0.15, 0.2) is 0 Å². The fraction of sp³-hybridized carbons (Fsp3) is 0.444. The van der Waals surface area contributed by atoms with Gasteiger partial charge in [-0.15, -0.1) is 0 Å². The molecule has 0 bridgehead atoms. The highest BCUT2D eigenvalue weighted by Crippen LogP contribution is 2.41. The molecule has 7 nitrogen and oxygen atoms in total. The lowest BCUT2D eigenvalue weighted by atomic mass is 9.74. The van der Waals surface area contributed by atoms with Crippen LogP contribution in [-0.2, 0) is 32.2 Å². The van der Waals surface area contributed by atoms with Crippen molar-refractivity contribution in [3.63, 3.8) is 0 Å². The van der Waals surface area contributed by atoms with Gasteiger partial charge in [0.1, 0.15) is 12.8 Å². The van der Waals surface area contributed by atoms with Gasteiger partial charge in [-0.1, -0.05) is 30.3 Å². The Labute approximate surface area is 225 Å². The molecule has 2 aromatic carbocycles. The predicted molar refractivity (Wildman–Crippen MR) is 130 cm³/mol. The molecule has 0 radical (unpaired) electrons. The van der Waals surface area contributed by atoms with Gasteiger partial charge in [-0.2, -0.15) is 26.3 Å². The number of nitrogens with zero attached hydrogens (tertiary/aromatic N) is 1. The summed E-state index contributed by atoms with van der Waals surface area (Å²) >= 11 is 0. The summed E-state index contributed by atoms with van der Waals surface area (Å²) in [6.07, 6.45) is -9.95. The van der Waals surface area contributed by atoms with Crippen LogP contribution in [0.25, 0.3) is 0 Å². The third kappa shape index (κ3) is 5.99. The molecule has 13 heteroatoms. The van der Waals surface area contributed by atoms with Crippen molar-refractivity contribution in [2.45, 2.75) is 55.7 Å². The second-order valence-corrected chi connectivity index (χ2v) is 10.1. The number of amides is 3. The number of urea groups is 1. The number of halogens is 6. The Morgan fingerprint density at radius 1 is 1.00 bits per heavy atom. The number of rotatable bonds is 8. The Balaban J connectivity index is 1.61. The SMILES string of the molecule is C[C@@H](OC[C@@]1(c2ccccc2)CC[C@](CC=O)(N2CC(=O)NC2=O)CN1)c1cc(C(F)(F)F)cc(C(F)(F)F)c1. The maximum absolute atomic E-state index is 13.4. The molecule has 2 fully saturated rings. The molecule has 40 heavy (non-hydrogen) atoms. The van der Waals surface area contributed by atoms with Gasteiger partial charge in [0.2, 0.25) is 5.91 Å². The number of hydrogen-bond acceptors (Lipinski definition) is 5.